The lowest BCUT2D eigenvalue weighted by atomic mass is 10.1. The number of anilines is 1. The van der Waals surface area contributed by atoms with E-state index < -0.39 is 35.1 Å². The maximum Gasteiger partial charge on any atom is 0.423 e. The van der Waals surface area contributed by atoms with Gasteiger partial charge in [-0.1, -0.05) is 6.92 Å². The molecule has 1 rings (SSSR count). The molecule has 0 fully saturated rings. The first kappa shape index (κ1) is 17.4. The zero-order valence-electron chi connectivity index (χ0n) is 11.7. The third-order valence-electron chi connectivity index (χ3n) is 2.71. The van der Waals surface area contributed by atoms with Crippen LogP contribution in [0.1, 0.15) is 25.8 Å². The van der Waals surface area contributed by atoms with E-state index in [1.54, 1.807) is 5.10 Å². The normalized spacial score (nSPS) is 14.8. The smallest absolute Gasteiger partial charge is 0.391 e. The first-order valence-corrected chi connectivity index (χ1v) is 6.44. The van der Waals surface area contributed by atoms with Crippen molar-refractivity contribution in [1.29, 1.82) is 0 Å². The fourth-order valence-electron chi connectivity index (χ4n) is 1.64. The largest absolute Gasteiger partial charge is 0.423 e. The Bertz CT molecular complexity index is 503. The molecule has 0 saturated heterocycles. The molecular formula is C12H18F3N3O3. The van der Waals surface area contributed by atoms with Crippen LogP contribution in [0.5, 0.6) is 0 Å². The number of halogens is 3. The van der Waals surface area contributed by atoms with Crippen molar-refractivity contribution in [2.45, 2.75) is 38.6 Å². The third-order valence-corrected chi connectivity index (χ3v) is 2.71. The Morgan fingerprint density at radius 1 is 1.52 bits per heavy atom. The van der Waals surface area contributed by atoms with Gasteiger partial charge in [0.25, 0.3) is 5.56 Å². The van der Waals surface area contributed by atoms with Gasteiger partial charge in [0.15, 0.2) is 0 Å². The van der Waals surface area contributed by atoms with Crippen molar-refractivity contribution in [2.75, 3.05) is 18.5 Å². The number of hydrogen-bond donors (Lipinski definition) is 3. The molecule has 1 heterocycles. The monoisotopic (exact) mass is 309 g/mol. The summed E-state index contributed by atoms with van der Waals surface area (Å²) in [5.74, 6) is 0. The average molecular weight is 309 g/mol. The van der Waals surface area contributed by atoms with E-state index in [1.807, 2.05) is 6.92 Å². The van der Waals surface area contributed by atoms with Crippen molar-refractivity contribution in [3.8, 4) is 0 Å². The molecule has 9 heteroatoms. The van der Waals surface area contributed by atoms with Gasteiger partial charge >= 0.3 is 6.18 Å². The fourth-order valence-corrected chi connectivity index (χ4v) is 1.64. The fraction of sp³-hybridized carbons (Fsp3) is 0.667. The summed E-state index contributed by atoms with van der Waals surface area (Å²) in [6.07, 6.45) is -4.19. The van der Waals surface area contributed by atoms with Crippen LogP contribution in [-0.4, -0.2) is 40.7 Å². The van der Waals surface area contributed by atoms with Crippen LogP contribution in [-0.2, 0) is 10.9 Å². The molecule has 0 radical (unpaired) electrons. The highest BCUT2D eigenvalue weighted by atomic mass is 19.4. The second-order valence-electron chi connectivity index (χ2n) is 4.55. The molecule has 21 heavy (non-hydrogen) atoms. The molecule has 0 aliphatic rings. The molecule has 3 N–H and O–H groups in total. The van der Waals surface area contributed by atoms with E-state index in [2.05, 4.69) is 10.4 Å². The van der Waals surface area contributed by atoms with Crippen LogP contribution < -0.4 is 10.9 Å². The van der Waals surface area contributed by atoms with Crippen LogP contribution in [0.4, 0.5) is 18.9 Å². The van der Waals surface area contributed by atoms with E-state index >= 15 is 0 Å². The second-order valence-corrected chi connectivity index (χ2v) is 4.55. The zero-order chi connectivity index (χ0) is 16.0. The lowest BCUT2D eigenvalue weighted by molar-refractivity contribution is -0.138. The van der Waals surface area contributed by atoms with E-state index in [0.29, 0.717) is 6.61 Å². The van der Waals surface area contributed by atoms with Gasteiger partial charge in [-0.15, -0.1) is 0 Å². The van der Waals surface area contributed by atoms with Gasteiger partial charge < -0.3 is 15.2 Å². The van der Waals surface area contributed by atoms with Crippen LogP contribution in [0.3, 0.4) is 0 Å². The molecule has 2 atom stereocenters. The molecule has 1 aromatic heterocycles. The zero-order valence-corrected chi connectivity index (χ0v) is 11.7. The summed E-state index contributed by atoms with van der Waals surface area (Å²) in [6.45, 7) is 3.73. The molecule has 1 aromatic rings. The lowest BCUT2D eigenvalue weighted by Crippen LogP contribution is -2.38. The minimum atomic E-state index is -4.83. The summed E-state index contributed by atoms with van der Waals surface area (Å²) < 4.78 is 43.9. The Morgan fingerprint density at radius 2 is 2.19 bits per heavy atom. The maximum atomic E-state index is 12.9. The van der Waals surface area contributed by atoms with Gasteiger partial charge in [-0.3, -0.25) is 4.79 Å². The SMILES string of the molecule is CCCOC[C@@H](Nc1cn[nH]c(=O)c1C(F)(F)F)[C@H](C)O. The molecule has 120 valence electrons. The Labute approximate surface area is 119 Å². The van der Waals surface area contributed by atoms with E-state index in [4.69, 9.17) is 4.74 Å². The Morgan fingerprint density at radius 3 is 2.71 bits per heavy atom. The van der Waals surface area contributed by atoms with Crippen LogP contribution >= 0.6 is 0 Å². The van der Waals surface area contributed by atoms with Gasteiger partial charge in [0.2, 0.25) is 0 Å². The Hall–Kier alpha value is -1.61. The molecule has 0 aliphatic carbocycles. The lowest BCUT2D eigenvalue weighted by Gasteiger charge is -2.23. The van der Waals surface area contributed by atoms with E-state index in [-0.39, 0.29) is 6.61 Å². The maximum absolute atomic E-state index is 12.9. The number of aromatic amines is 1. The molecule has 0 saturated carbocycles. The number of nitrogens with zero attached hydrogens (tertiary/aromatic N) is 1. The first-order chi connectivity index (χ1) is 9.77. The molecule has 0 spiro atoms. The van der Waals surface area contributed by atoms with Gasteiger partial charge in [0.05, 0.1) is 30.6 Å². The summed E-state index contributed by atoms with van der Waals surface area (Å²) >= 11 is 0. The summed E-state index contributed by atoms with van der Waals surface area (Å²) in [4.78, 5) is 11.3. The summed E-state index contributed by atoms with van der Waals surface area (Å²) in [5, 5.41) is 17.2. The van der Waals surface area contributed by atoms with Crippen LogP contribution in [0.2, 0.25) is 0 Å². The molecule has 0 unspecified atom stereocenters. The topological polar surface area (TPSA) is 87.2 Å². The quantitative estimate of drug-likeness (QED) is 0.662. The van der Waals surface area contributed by atoms with Crippen molar-refractivity contribution in [2.24, 2.45) is 0 Å². The molecule has 6 nitrogen and oxygen atoms in total. The molecule has 0 aliphatic heterocycles. The van der Waals surface area contributed by atoms with Gasteiger partial charge in [-0.05, 0) is 13.3 Å². The summed E-state index contributed by atoms with van der Waals surface area (Å²) in [6, 6.07) is -0.791. The molecule has 0 aromatic carbocycles. The van der Waals surface area contributed by atoms with Crippen LogP contribution in [0.15, 0.2) is 11.0 Å². The summed E-state index contributed by atoms with van der Waals surface area (Å²) in [7, 11) is 0. The predicted octanol–water partition coefficient (Wildman–Crippen LogP) is 1.38. The highest BCUT2D eigenvalue weighted by Crippen LogP contribution is 2.31. The number of aliphatic hydroxyl groups is 1. The van der Waals surface area contributed by atoms with Gasteiger partial charge in [0, 0.05) is 6.61 Å². The highest BCUT2D eigenvalue weighted by molar-refractivity contribution is 5.50. The second kappa shape index (κ2) is 7.41. The highest BCUT2D eigenvalue weighted by Gasteiger charge is 2.38. The van der Waals surface area contributed by atoms with Crippen LogP contribution in [0.25, 0.3) is 0 Å². The minimum absolute atomic E-state index is 0.00953. The third kappa shape index (κ3) is 5.01. The predicted molar refractivity (Wildman–Crippen MR) is 70.1 cm³/mol. The number of alkyl halides is 3. The molecule has 0 bridgehead atoms. The van der Waals surface area contributed by atoms with E-state index in [1.165, 1.54) is 6.92 Å². The number of aromatic nitrogens is 2. The van der Waals surface area contributed by atoms with E-state index in [0.717, 1.165) is 12.6 Å². The van der Waals surface area contributed by atoms with Crippen LogP contribution in [0, 0.1) is 0 Å². The van der Waals surface area contributed by atoms with Crippen molar-refractivity contribution < 1.29 is 23.0 Å². The minimum Gasteiger partial charge on any atom is -0.391 e. The van der Waals surface area contributed by atoms with Crippen molar-refractivity contribution >= 4 is 5.69 Å². The van der Waals surface area contributed by atoms with E-state index in [9.17, 15) is 23.1 Å². The van der Waals surface area contributed by atoms with Crippen molar-refractivity contribution in [1.82, 2.24) is 10.2 Å². The Kier molecular flexibility index (Phi) is 6.16. The number of aliphatic hydroxyl groups excluding tert-OH is 1. The van der Waals surface area contributed by atoms with Gasteiger partial charge in [-0.25, -0.2) is 5.10 Å². The molecule has 0 amide bonds. The standard InChI is InChI=1S/C12H18F3N3O3/c1-3-4-21-6-9(7(2)19)17-8-5-16-18-11(20)10(8)12(13,14)15/h5,7,9,19H,3-4,6H2,1-2H3,(H2,17,18,20)/t7-,9+/m0/s1. The van der Waals surface area contributed by atoms with Gasteiger partial charge in [-0.2, -0.15) is 18.3 Å². The molecular weight excluding hydrogens is 291 g/mol. The number of hydrogen-bond acceptors (Lipinski definition) is 5. The Balaban J connectivity index is 2.99. The number of ether oxygens (including phenoxy) is 1. The van der Waals surface area contributed by atoms with Crippen molar-refractivity contribution in [3.63, 3.8) is 0 Å². The number of rotatable bonds is 7. The summed E-state index contributed by atoms with van der Waals surface area (Å²) in [5.41, 5.74) is -3.21. The number of H-pyrrole nitrogens is 1. The van der Waals surface area contributed by atoms with Gasteiger partial charge in [0.1, 0.15) is 5.56 Å². The number of nitrogens with one attached hydrogen (secondary N) is 2. The van der Waals surface area contributed by atoms with Crippen molar-refractivity contribution in [3.05, 3.63) is 22.1 Å². The first-order valence-electron chi connectivity index (χ1n) is 6.44. The average Bonchev–Trinajstić information content (AvgIpc) is 2.36.